The molecule has 4 rings (SSSR count). The SMILES string of the molecule is Cc1c(C2C(c3ccccn3)NC(=S)N2CCO)c(C)n(-c2cccc(Cl)c2)c1C. The van der Waals surface area contributed by atoms with E-state index in [-0.39, 0.29) is 18.7 Å². The lowest BCUT2D eigenvalue weighted by Crippen LogP contribution is -2.32. The highest BCUT2D eigenvalue weighted by Crippen LogP contribution is 2.43. The molecule has 1 aromatic carbocycles. The number of nitrogens with zero attached hydrogens (tertiary/aromatic N) is 3. The Labute approximate surface area is 187 Å². The van der Waals surface area contributed by atoms with E-state index < -0.39 is 0 Å². The number of nitrogens with one attached hydrogen (secondary N) is 1. The lowest BCUT2D eigenvalue weighted by molar-refractivity contribution is 0.222. The smallest absolute Gasteiger partial charge is 0.170 e. The van der Waals surface area contributed by atoms with Crippen molar-refractivity contribution in [2.24, 2.45) is 0 Å². The number of benzene rings is 1. The summed E-state index contributed by atoms with van der Waals surface area (Å²) in [5.74, 6) is 0. The molecule has 1 aliphatic rings. The van der Waals surface area contributed by atoms with Crippen molar-refractivity contribution in [3.05, 3.63) is 81.9 Å². The summed E-state index contributed by atoms with van der Waals surface area (Å²) < 4.78 is 2.24. The zero-order chi connectivity index (χ0) is 21.4. The van der Waals surface area contributed by atoms with Crippen molar-refractivity contribution in [1.82, 2.24) is 19.8 Å². The molecule has 2 N–H and O–H groups in total. The third kappa shape index (κ3) is 3.49. The van der Waals surface area contributed by atoms with E-state index in [1.165, 1.54) is 11.1 Å². The van der Waals surface area contributed by atoms with Crippen molar-refractivity contribution in [3.8, 4) is 5.69 Å². The first-order chi connectivity index (χ1) is 14.4. The molecule has 0 saturated carbocycles. The molecule has 1 fully saturated rings. The number of halogens is 1. The highest BCUT2D eigenvalue weighted by molar-refractivity contribution is 7.80. The van der Waals surface area contributed by atoms with Crippen LogP contribution in [0.25, 0.3) is 5.69 Å². The van der Waals surface area contributed by atoms with E-state index in [4.69, 9.17) is 23.8 Å². The Morgan fingerprint density at radius 1 is 1.13 bits per heavy atom. The lowest BCUT2D eigenvalue weighted by Gasteiger charge is -2.28. The predicted molar refractivity (Wildman–Crippen MR) is 124 cm³/mol. The first kappa shape index (κ1) is 20.8. The minimum absolute atomic E-state index is 0.0271. The van der Waals surface area contributed by atoms with Gasteiger partial charge in [0.2, 0.25) is 0 Å². The molecule has 0 bridgehead atoms. The molecule has 3 heterocycles. The van der Waals surface area contributed by atoms with Gasteiger partial charge in [-0.15, -0.1) is 0 Å². The fraction of sp³-hybridized carbons (Fsp3) is 0.304. The van der Waals surface area contributed by atoms with Crippen LogP contribution in [0.4, 0.5) is 0 Å². The predicted octanol–water partition coefficient (Wildman–Crippen LogP) is 4.42. The largest absolute Gasteiger partial charge is 0.395 e. The van der Waals surface area contributed by atoms with Gasteiger partial charge in [0.1, 0.15) is 0 Å². The molecule has 2 atom stereocenters. The molecule has 3 aromatic rings. The summed E-state index contributed by atoms with van der Waals surface area (Å²) >= 11 is 11.9. The molecule has 5 nitrogen and oxygen atoms in total. The summed E-state index contributed by atoms with van der Waals surface area (Å²) in [5.41, 5.74) is 6.65. The zero-order valence-corrected chi connectivity index (χ0v) is 18.8. The quantitative estimate of drug-likeness (QED) is 0.575. The van der Waals surface area contributed by atoms with Gasteiger partial charge in [-0.2, -0.15) is 0 Å². The molecule has 7 heteroatoms. The summed E-state index contributed by atoms with van der Waals surface area (Å²) in [6.45, 7) is 6.88. The topological polar surface area (TPSA) is 53.3 Å². The average molecular weight is 441 g/mol. The number of hydrogen-bond acceptors (Lipinski definition) is 3. The molecule has 1 saturated heterocycles. The number of aromatic nitrogens is 2. The minimum atomic E-state index is -0.0998. The van der Waals surface area contributed by atoms with Gasteiger partial charge < -0.3 is 19.9 Å². The second-order valence-electron chi connectivity index (χ2n) is 7.57. The Morgan fingerprint density at radius 3 is 2.60 bits per heavy atom. The summed E-state index contributed by atoms with van der Waals surface area (Å²) in [6, 6.07) is 13.6. The monoisotopic (exact) mass is 440 g/mol. The number of hydrogen-bond donors (Lipinski definition) is 2. The van der Waals surface area contributed by atoms with Crippen molar-refractivity contribution in [1.29, 1.82) is 0 Å². The normalized spacial score (nSPS) is 18.7. The van der Waals surface area contributed by atoms with Crippen LogP contribution >= 0.6 is 23.8 Å². The van der Waals surface area contributed by atoms with E-state index in [9.17, 15) is 5.11 Å². The van der Waals surface area contributed by atoms with E-state index in [2.05, 4.69) is 46.6 Å². The van der Waals surface area contributed by atoms with Crippen molar-refractivity contribution in [2.45, 2.75) is 32.9 Å². The van der Waals surface area contributed by atoms with Gasteiger partial charge in [0.15, 0.2) is 5.11 Å². The Hall–Kier alpha value is -2.41. The van der Waals surface area contributed by atoms with Crippen LogP contribution in [0.3, 0.4) is 0 Å². The molecular formula is C23H25ClN4OS. The van der Waals surface area contributed by atoms with Crippen LogP contribution < -0.4 is 5.32 Å². The van der Waals surface area contributed by atoms with Gasteiger partial charge in [0, 0.05) is 40.4 Å². The van der Waals surface area contributed by atoms with Crippen LogP contribution in [0.2, 0.25) is 5.02 Å². The molecule has 30 heavy (non-hydrogen) atoms. The van der Waals surface area contributed by atoms with Crippen molar-refractivity contribution in [2.75, 3.05) is 13.2 Å². The molecule has 0 spiro atoms. The molecule has 2 aromatic heterocycles. The maximum absolute atomic E-state index is 9.71. The fourth-order valence-corrected chi connectivity index (χ4v) is 5.03. The number of aliphatic hydroxyl groups is 1. The van der Waals surface area contributed by atoms with Crippen LogP contribution in [0, 0.1) is 20.8 Å². The van der Waals surface area contributed by atoms with Gasteiger partial charge in [-0.3, -0.25) is 4.98 Å². The van der Waals surface area contributed by atoms with E-state index in [1.807, 2.05) is 36.4 Å². The van der Waals surface area contributed by atoms with E-state index in [0.29, 0.717) is 16.7 Å². The Bertz CT molecular complexity index is 1080. The summed E-state index contributed by atoms with van der Waals surface area (Å²) in [5, 5.41) is 14.5. The Morgan fingerprint density at radius 2 is 1.93 bits per heavy atom. The lowest BCUT2D eigenvalue weighted by atomic mass is 9.93. The van der Waals surface area contributed by atoms with Gasteiger partial charge in [-0.05, 0) is 68.9 Å². The van der Waals surface area contributed by atoms with Crippen LogP contribution in [0.15, 0.2) is 48.7 Å². The van der Waals surface area contributed by atoms with Crippen LogP contribution in [-0.2, 0) is 0 Å². The van der Waals surface area contributed by atoms with E-state index in [1.54, 1.807) is 6.20 Å². The first-order valence-electron chi connectivity index (χ1n) is 9.97. The molecule has 0 aliphatic carbocycles. The highest BCUT2D eigenvalue weighted by Gasteiger charge is 2.42. The first-order valence-corrected chi connectivity index (χ1v) is 10.8. The number of pyridine rings is 1. The Kier molecular flexibility index (Phi) is 5.82. The minimum Gasteiger partial charge on any atom is -0.395 e. The average Bonchev–Trinajstić information content (AvgIpc) is 3.16. The second kappa shape index (κ2) is 8.38. The summed E-state index contributed by atoms with van der Waals surface area (Å²) in [4.78, 5) is 6.66. The van der Waals surface area contributed by atoms with Crippen LogP contribution in [-0.4, -0.2) is 37.8 Å². The van der Waals surface area contributed by atoms with Gasteiger partial charge in [0.25, 0.3) is 0 Å². The number of β-amino-alcohol motifs (C(OH)–C–C–N with tert-alkyl or cyclic N) is 1. The zero-order valence-electron chi connectivity index (χ0n) is 17.3. The molecule has 156 valence electrons. The standard InChI is InChI=1S/C23H25ClN4OS/c1-14-15(2)28(18-8-6-7-17(24)13-18)16(3)20(14)22-21(19-9-4-5-10-25-19)26-23(30)27(22)11-12-29/h4-10,13,21-22,29H,11-12H2,1-3H3,(H,26,30). The van der Waals surface area contributed by atoms with Gasteiger partial charge in [-0.25, -0.2) is 0 Å². The second-order valence-corrected chi connectivity index (χ2v) is 8.39. The maximum atomic E-state index is 9.71. The van der Waals surface area contributed by atoms with Crippen LogP contribution in [0.1, 0.15) is 40.3 Å². The number of thiocarbonyl (C=S) groups is 1. The Balaban J connectivity index is 1.89. The maximum Gasteiger partial charge on any atom is 0.170 e. The van der Waals surface area contributed by atoms with Crippen molar-refractivity contribution >= 4 is 28.9 Å². The molecule has 1 aliphatic heterocycles. The van der Waals surface area contributed by atoms with Gasteiger partial charge in [0.05, 0.1) is 24.4 Å². The van der Waals surface area contributed by atoms with Crippen molar-refractivity contribution in [3.63, 3.8) is 0 Å². The fourth-order valence-electron chi connectivity index (χ4n) is 4.51. The highest BCUT2D eigenvalue weighted by atomic mass is 35.5. The van der Waals surface area contributed by atoms with E-state index in [0.717, 1.165) is 22.8 Å². The van der Waals surface area contributed by atoms with Gasteiger partial charge in [-0.1, -0.05) is 23.7 Å². The van der Waals surface area contributed by atoms with E-state index >= 15 is 0 Å². The van der Waals surface area contributed by atoms with Crippen LogP contribution in [0.5, 0.6) is 0 Å². The molecule has 0 amide bonds. The van der Waals surface area contributed by atoms with Crippen molar-refractivity contribution < 1.29 is 5.11 Å². The molecular weight excluding hydrogens is 416 g/mol. The summed E-state index contributed by atoms with van der Waals surface area (Å²) in [6.07, 6.45) is 1.80. The molecule has 0 radical (unpaired) electrons. The number of aliphatic hydroxyl groups excluding tert-OH is 1. The third-order valence-corrected chi connectivity index (χ3v) is 6.50. The molecule has 2 unspecified atom stereocenters. The summed E-state index contributed by atoms with van der Waals surface area (Å²) in [7, 11) is 0. The number of rotatable bonds is 5. The third-order valence-electron chi connectivity index (χ3n) is 5.91. The van der Waals surface area contributed by atoms with Gasteiger partial charge >= 0.3 is 0 Å².